The highest BCUT2D eigenvalue weighted by molar-refractivity contribution is 7.99. The van der Waals surface area contributed by atoms with Crippen LogP contribution in [0.25, 0.3) is 0 Å². The second-order valence-electron chi connectivity index (χ2n) is 4.84. The molecule has 1 atom stereocenters. The quantitative estimate of drug-likeness (QED) is 0.894. The monoisotopic (exact) mass is 307 g/mol. The fourth-order valence-electron chi connectivity index (χ4n) is 2.47. The Kier molecular flexibility index (Phi) is 4.01. The zero-order chi connectivity index (χ0) is 14.8. The third-order valence-electron chi connectivity index (χ3n) is 3.53. The van der Waals surface area contributed by atoms with Crippen molar-refractivity contribution in [2.45, 2.75) is 17.4 Å². The maximum absolute atomic E-state index is 13.9. The normalized spacial score (nSPS) is 17.2. The summed E-state index contributed by atoms with van der Waals surface area (Å²) in [7, 11) is 1.54. The van der Waals surface area contributed by atoms with E-state index >= 15 is 0 Å². The van der Waals surface area contributed by atoms with E-state index in [9.17, 15) is 8.78 Å². The summed E-state index contributed by atoms with van der Waals surface area (Å²) in [5.41, 5.74) is 1.26. The number of benzene rings is 2. The Labute approximate surface area is 126 Å². The molecule has 0 spiro atoms. The number of halogens is 2. The van der Waals surface area contributed by atoms with E-state index in [1.54, 1.807) is 25.3 Å². The van der Waals surface area contributed by atoms with Gasteiger partial charge in [-0.2, -0.15) is 0 Å². The molecular formula is C16H15F2NOS. The van der Waals surface area contributed by atoms with Crippen LogP contribution in [0.4, 0.5) is 14.5 Å². The molecule has 2 aromatic rings. The molecule has 0 saturated heterocycles. The molecule has 1 aliphatic rings. The maximum atomic E-state index is 13.9. The Bertz CT molecular complexity index is 663. The fraction of sp³-hybridized carbons (Fsp3) is 0.250. The van der Waals surface area contributed by atoms with E-state index in [2.05, 4.69) is 5.32 Å². The summed E-state index contributed by atoms with van der Waals surface area (Å²) in [6.07, 6.45) is 0.817. The maximum Gasteiger partial charge on any atom is 0.146 e. The van der Waals surface area contributed by atoms with Crippen molar-refractivity contribution in [3.63, 3.8) is 0 Å². The van der Waals surface area contributed by atoms with E-state index in [1.807, 2.05) is 6.07 Å². The number of fused-ring (bicyclic) bond motifs is 1. The van der Waals surface area contributed by atoms with Crippen molar-refractivity contribution in [2.75, 3.05) is 18.2 Å². The van der Waals surface area contributed by atoms with Gasteiger partial charge in [0, 0.05) is 16.7 Å². The molecule has 2 nitrogen and oxygen atoms in total. The van der Waals surface area contributed by atoms with Crippen LogP contribution in [0.1, 0.15) is 18.0 Å². The van der Waals surface area contributed by atoms with Gasteiger partial charge < -0.3 is 10.1 Å². The molecule has 2 aromatic carbocycles. The number of methoxy groups -OCH3 is 1. The number of thioether (sulfide) groups is 1. The van der Waals surface area contributed by atoms with Crippen LogP contribution in [0, 0.1) is 11.6 Å². The summed E-state index contributed by atoms with van der Waals surface area (Å²) in [5, 5.41) is 3.17. The first-order valence-electron chi connectivity index (χ1n) is 6.70. The molecule has 1 heterocycles. The molecule has 1 N–H and O–H groups in total. The summed E-state index contributed by atoms with van der Waals surface area (Å²) in [6.45, 7) is 0. The zero-order valence-corrected chi connectivity index (χ0v) is 12.3. The van der Waals surface area contributed by atoms with Gasteiger partial charge in [-0.05, 0) is 30.2 Å². The molecule has 110 valence electrons. The molecule has 21 heavy (non-hydrogen) atoms. The second-order valence-corrected chi connectivity index (χ2v) is 5.94. The number of hydrogen-bond donors (Lipinski definition) is 1. The van der Waals surface area contributed by atoms with E-state index in [0.717, 1.165) is 17.7 Å². The van der Waals surface area contributed by atoms with Gasteiger partial charge in [0.25, 0.3) is 0 Å². The van der Waals surface area contributed by atoms with Crippen molar-refractivity contribution in [3.8, 4) is 5.75 Å². The first-order valence-corrected chi connectivity index (χ1v) is 7.69. The largest absolute Gasteiger partial charge is 0.497 e. The van der Waals surface area contributed by atoms with Crippen LogP contribution in [0.15, 0.2) is 41.3 Å². The number of rotatable bonds is 3. The van der Waals surface area contributed by atoms with Gasteiger partial charge in [-0.15, -0.1) is 11.8 Å². The SMILES string of the molecule is COc1ccc(F)c(NC2CCSc3c(F)cccc32)c1. The Morgan fingerprint density at radius 2 is 2.05 bits per heavy atom. The Balaban J connectivity index is 1.92. The van der Waals surface area contributed by atoms with E-state index in [1.165, 1.54) is 23.9 Å². The molecule has 0 amide bonds. The lowest BCUT2D eigenvalue weighted by molar-refractivity contribution is 0.414. The lowest BCUT2D eigenvalue weighted by Crippen LogP contribution is -2.17. The van der Waals surface area contributed by atoms with Gasteiger partial charge in [0.15, 0.2) is 0 Å². The van der Waals surface area contributed by atoms with Crippen molar-refractivity contribution in [1.82, 2.24) is 0 Å². The lowest BCUT2D eigenvalue weighted by atomic mass is 10.0. The molecule has 0 fully saturated rings. The van der Waals surface area contributed by atoms with E-state index < -0.39 is 0 Å². The van der Waals surface area contributed by atoms with Crippen molar-refractivity contribution in [2.24, 2.45) is 0 Å². The second kappa shape index (κ2) is 5.93. The summed E-state index contributed by atoms with van der Waals surface area (Å²) >= 11 is 1.51. The van der Waals surface area contributed by atoms with E-state index in [4.69, 9.17) is 4.74 Å². The van der Waals surface area contributed by atoms with Crippen molar-refractivity contribution < 1.29 is 13.5 Å². The number of hydrogen-bond acceptors (Lipinski definition) is 3. The smallest absolute Gasteiger partial charge is 0.146 e. The highest BCUT2D eigenvalue weighted by Crippen LogP contribution is 2.39. The van der Waals surface area contributed by atoms with E-state index in [-0.39, 0.29) is 17.7 Å². The van der Waals surface area contributed by atoms with Crippen molar-refractivity contribution in [3.05, 3.63) is 53.6 Å². The van der Waals surface area contributed by atoms with Crippen LogP contribution in [0.5, 0.6) is 5.75 Å². The highest BCUT2D eigenvalue weighted by atomic mass is 32.2. The van der Waals surface area contributed by atoms with Crippen molar-refractivity contribution in [1.29, 1.82) is 0 Å². The Morgan fingerprint density at radius 1 is 1.19 bits per heavy atom. The highest BCUT2D eigenvalue weighted by Gasteiger charge is 2.23. The van der Waals surface area contributed by atoms with Crippen LogP contribution in [-0.4, -0.2) is 12.9 Å². The van der Waals surface area contributed by atoms with Gasteiger partial charge in [0.1, 0.15) is 17.4 Å². The molecule has 1 aliphatic heterocycles. The summed E-state index contributed by atoms with van der Waals surface area (Å²) in [6, 6.07) is 9.50. The molecule has 5 heteroatoms. The zero-order valence-electron chi connectivity index (χ0n) is 11.5. The average molecular weight is 307 g/mol. The standard InChI is InChI=1S/C16H15F2NOS/c1-20-10-5-6-12(17)15(9-10)19-14-7-8-21-16-11(14)3-2-4-13(16)18/h2-6,9,14,19H,7-8H2,1H3. The number of ether oxygens (including phenoxy) is 1. The fourth-order valence-corrected chi connectivity index (χ4v) is 3.61. The third kappa shape index (κ3) is 2.83. The van der Waals surface area contributed by atoms with Gasteiger partial charge in [-0.1, -0.05) is 12.1 Å². The molecule has 3 rings (SSSR count). The van der Waals surface area contributed by atoms with Gasteiger partial charge in [-0.3, -0.25) is 0 Å². The average Bonchev–Trinajstić information content (AvgIpc) is 2.50. The molecule has 0 saturated carbocycles. The Hall–Kier alpha value is -1.75. The first kappa shape index (κ1) is 14.2. The van der Waals surface area contributed by atoms with E-state index in [0.29, 0.717) is 16.3 Å². The summed E-state index contributed by atoms with van der Waals surface area (Å²) < 4.78 is 32.9. The topological polar surface area (TPSA) is 21.3 Å². The van der Waals surface area contributed by atoms with Crippen LogP contribution in [-0.2, 0) is 0 Å². The predicted molar refractivity (Wildman–Crippen MR) is 81.1 cm³/mol. The first-order chi connectivity index (χ1) is 10.2. The molecule has 0 radical (unpaired) electrons. The minimum absolute atomic E-state index is 0.0986. The third-order valence-corrected chi connectivity index (χ3v) is 4.69. The van der Waals surface area contributed by atoms with Gasteiger partial charge in [-0.25, -0.2) is 8.78 Å². The summed E-state index contributed by atoms with van der Waals surface area (Å²) in [4.78, 5) is 0.657. The predicted octanol–water partition coefficient (Wildman–Crippen LogP) is 4.62. The van der Waals surface area contributed by atoms with Crippen LogP contribution < -0.4 is 10.1 Å². The lowest BCUT2D eigenvalue weighted by Gasteiger charge is -2.27. The van der Waals surface area contributed by atoms with Gasteiger partial charge in [0.05, 0.1) is 18.8 Å². The summed E-state index contributed by atoms with van der Waals surface area (Å²) in [5.74, 6) is 0.836. The number of nitrogens with one attached hydrogen (secondary N) is 1. The Morgan fingerprint density at radius 3 is 2.86 bits per heavy atom. The van der Waals surface area contributed by atoms with Gasteiger partial charge >= 0.3 is 0 Å². The molecule has 0 aromatic heterocycles. The van der Waals surface area contributed by atoms with Crippen LogP contribution in [0.3, 0.4) is 0 Å². The molecule has 0 bridgehead atoms. The number of anilines is 1. The molecule has 0 aliphatic carbocycles. The van der Waals surface area contributed by atoms with Crippen LogP contribution in [0.2, 0.25) is 0 Å². The minimum Gasteiger partial charge on any atom is -0.497 e. The minimum atomic E-state index is -0.341. The van der Waals surface area contributed by atoms with Gasteiger partial charge in [0.2, 0.25) is 0 Å². The van der Waals surface area contributed by atoms with Crippen LogP contribution >= 0.6 is 11.8 Å². The molecular weight excluding hydrogens is 292 g/mol. The van der Waals surface area contributed by atoms with Crippen molar-refractivity contribution >= 4 is 17.4 Å². The molecule has 1 unspecified atom stereocenters.